The summed E-state index contributed by atoms with van der Waals surface area (Å²) >= 11 is 0. The van der Waals surface area contributed by atoms with Crippen LogP contribution < -0.4 is 0 Å². The number of carbonyl (C=O) groups is 2. The van der Waals surface area contributed by atoms with Crippen molar-refractivity contribution in [1.82, 2.24) is 0 Å². The molecule has 88 valence electrons. The van der Waals surface area contributed by atoms with Crippen LogP contribution in [0.2, 0.25) is 0 Å². The summed E-state index contributed by atoms with van der Waals surface area (Å²) in [7, 11) is 0. The van der Waals surface area contributed by atoms with Crippen LogP contribution in [0, 0.1) is 0 Å². The van der Waals surface area contributed by atoms with Crippen LogP contribution in [0.5, 0.6) is 0 Å². The van der Waals surface area contributed by atoms with Gasteiger partial charge in [0.05, 0.1) is 6.61 Å². The van der Waals surface area contributed by atoms with Gasteiger partial charge in [-0.05, 0) is 0 Å². The Hall–Kier alpha value is -1.02. The van der Waals surface area contributed by atoms with E-state index in [0.717, 1.165) is 6.92 Å². The highest BCUT2D eigenvalue weighted by molar-refractivity contribution is 5.70. The normalized spacial score (nSPS) is 18.7. The highest BCUT2D eigenvalue weighted by atomic mass is 16.6. The first-order chi connectivity index (χ1) is 6.93. The molecule has 0 saturated carbocycles. The smallest absolute Gasteiger partial charge is 0.303 e. The molecule has 7 nitrogen and oxygen atoms in total. The average Bonchev–Trinajstić information content (AvgIpc) is 2.22. The second-order valence-corrected chi connectivity index (χ2v) is 2.94. The van der Waals surface area contributed by atoms with Crippen molar-refractivity contribution in [3.8, 4) is 0 Å². The Morgan fingerprint density at radius 2 is 1.87 bits per heavy atom. The fraction of sp³-hybridized carbons (Fsp3) is 0.750. The molecule has 0 rings (SSSR count). The molecule has 0 aromatic carbocycles. The van der Waals surface area contributed by atoms with E-state index < -0.39 is 37.0 Å². The first kappa shape index (κ1) is 14.0. The van der Waals surface area contributed by atoms with Crippen LogP contribution in [-0.4, -0.2) is 63.7 Å². The van der Waals surface area contributed by atoms with Gasteiger partial charge in [0.2, 0.25) is 0 Å². The predicted molar refractivity (Wildman–Crippen MR) is 46.7 cm³/mol. The van der Waals surface area contributed by atoms with Gasteiger partial charge in [-0.2, -0.15) is 0 Å². The first-order valence-corrected chi connectivity index (χ1v) is 4.21. The van der Waals surface area contributed by atoms with E-state index >= 15 is 0 Å². The molecule has 0 spiro atoms. The van der Waals surface area contributed by atoms with Crippen LogP contribution in [0.25, 0.3) is 0 Å². The summed E-state index contributed by atoms with van der Waals surface area (Å²) in [4.78, 5) is 20.9. The Bertz CT molecular complexity index is 217. The van der Waals surface area contributed by atoms with E-state index in [1.807, 2.05) is 0 Å². The van der Waals surface area contributed by atoms with Gasteiger partial charge in [-0.25, -0.2) is 0 Å². The third kappa shape index (κ3) is 4.34. The zero-order chi connectivity index (χ0) is 12.0. The van der Waals surface area contributed by atoms with E-state index in [9.17, 15) is 19.8 Å². The number of carbonyl (C=O) groups excluding carboxylic acids is 2. The highest BCUT2D eigenvalue weighted by Crippen LogP contribution is 2.06. The lowest BCUT2D eigenvalue weighted by atomic mass is 10.0. The Labute approximate surface area is 85.9 Å². The largest absolute Gasteiger partial charge is 0.452 e. The third-order valence-corrected chi connectivity index (χ3v) is 1.70. The number of aliphatic hydroxyl groups excluding tert-OH is 4. The van der Waals surface area contributed by atoms with Gasteiger partial charge in [-0.3, -0.25) is 9.59 Å². The molecule has 0 amide bonds. The SMILES string of the molecule is CC(=O)O[C@@H](C=O)[C@@H](O)[C@@H](O)[C@H](O)CO. The number of aldehydes is 1. The van der Waals surface area contributed by atoms with Crippen molar-refractivity contribution in [2.75, 3.05) is 6.61 Å². The molecule has 15 heavy (non-hydrogen) atoms. The van der Waals surface area contributed by atoms with Crippen molar-refractivity contribution in [2.24, 2.45) is 0 Å². The molecular weight excluding hydrogens is 208 g/mol. The zero-order valence-electron chi connectivity index (χ0n) is 8.11. The standard InChI is InChI=1S/C8H14O7/c1-4(11)15-6(3-10)8(14)7(13)5(12)2-9/h3,5-9,12-14H,2H2,1H3/t5-,6+,7+,8-/m1/s1. The average molecular weight is 222 g/mol. The maximum absolute atomic E-state index is 10.5. The van der Waals surface area contributed by atoms with E-state index in [1.165, 1.54) is 0 Å². The highest BCUT2D eigenvalue weighted by Gasteiger charge is 2.32. The van der Waals surface area contributed by atoms with Crippen LogP contribution in [0.1, 0.15) is 6.92 Å². The monoisotopic (exact) mass is 222 g/mol. The van der Waals surface area contributed by atoms with Crippen molar-refractivity contribution >= 4 is 12.3 Å². The summed E-state index contributed by atoms with van der Waals surface area (Å²) in [6.07, 6.45) is -6.62. The van der Waals surface area contributed by atoms with Gasteiger partial charge in [-0.1, -0.05) is 0 Å². The molecule has 0 saturated heterocycles. The van der Waals surface area contributed by atoms with Gasteiger partial charge in [0.1, 0.15) is 18.3 Å². The number of ether oxygens (including phenoxy) is 1. The summed E-state index contributed by atoms with van der Waals surface area (Å²) in [5, 5.41) is 35.9. The molecule has 4 atom stereocenters. The van der Waals surface area contributed by atoms with Crippen LogP contribution >= 0.6 is 0 Å². The Kier molecular flexibility index (Phi) is 6.02. The summed E-state index contributed by atoms with van der Waals surface area (Å²) < 4.78 is 4.37. The predicted octanol–water partition coefficient (Wildman–Crippen LogP) is -2.81. The number of rotatable bonds is 6. The number of esters is 1. The molecule has 0 aliphatic heterocycles. The Balaban J connectivity index is 4.42. The minimum absolute atomic E-state index is 0.124. The van der Waals surface area contributed by atoms with Gasteiger partial charge < -0.3 is 25.2 Å². The van der Waals surface area contributed by atoms with E-state index in [0.29, 0.717) is 0 Å². The molecule has 0 radical (unpaired) electrons. The second-order valence-electron chi connectivity index (χ2n) is 2.94. The van der Waals surface area contributed by atoms with Crippen molar-refractivity contribution in [3.63, 3.8) is 0 Å². The summed E-state index contributed by atoms with van der Waals surface area (Å²) in [5.41, 5.74) is 0. The van der Waals surface area contributed by atoms with E-state index in [1.54, 1.807) is 0 Å². The maximum atomic E-state index is 10.5. The van der Waals surface area contributed by atoms with Crippen molar-refractivity contribution in [3.05, 3.63) is 0 Å². The molecule has 0 aliphatic rings. The lowest BCUT2D eigenvalue weighted by molar-refractivity contribution is -0.166. The minimum Gasteiger partial charge on any atom is -0.452 e. The molecule has 0 aromatic heterocycles. The lowest BCUT2D eigenvalue weighted by Crippen LogP contribution is -2.47. The van der Waals surface area contributed by atoms with E-state index in [2.05, 4.69) is 4.74 Å². The summed E-state index contributed by atoms with van der Waals surface area (Å²) in [5.74, 6) is -0.808. The fourth-order valence-corrected chi connectivity index (χ4v) is 0.900. The summed E-state index contributed by atoms with van der Waals surface area (Å²) in [6, 6.07) is 0. The third-order valence-electron chi connectivity index (χ3n) is 1.70. The minimum atomic E-state index is -1.78. The van der Waals surface area contributed by atoms with E-state index in [4.69, 9.17) is 10.2 Å². The van der Waals surface area contributed by atoms with Gasteiger partial charge in [0, 0.05) is 6.92 Å². The summed E-state index contributed by atoms with van der Waals surface area (Å²) in [6.45, 7) is 0.238. The Morgan fingerprint density at radius 1 is 1.33 bits per heavy atom. The Morgan fingerprint density at radius 3 is 2.20 bits per heavy atom. The molecule has 4 N–H and O–H groups in total. The van der Waals surface area contributed by atoms with Gasteiger partial charge >= 0.3 is 5.97 Å². The first-order valence-electron chi connectivity index (χ1n) is 4.21. The van der Waals surface area contributed by atoms with Gasteiger partial charge in [0.25, 0.3) is 0 Å². The van der Waals surface area contributed by atoms with Crippen molar-refractivity contribution in [1.29, 1.82) is 0 Å². The zero-order valence-corrected chi connectivity index (χ0v) is 8.11. The molecule has 0 unspecified atom stereocenters. The second kappa shape index (κ2) is 6.46. The van der Waals surface area contributed by atoms with Crippen LogP contribution in [0.4, 0.5) is 0 Å². The number of hydrogen-bond donors (Lipinski definition) is 4. The molecule has 0 fully saturated rings. The molecular formula is C8H14O7. The van der Waals surface area contributed by atoms with Crippen molar-refractivity contribution in [2.45, 2.75) is 31.3 Å². The van der Waals surface area contributed by atoms with Gasteiger partial charge in [-0.15, -0.1) is 0 Å². The molecule has 0 aliphatic carbocycles. The molecule has 0 bridgehead atoms. The molecule has 0 aromatic rings. The molecule has 7 heteroatoms. The van der Waals surface area contributed by atoms with Gasteiger partial charge in [0.15, 0.2) is 12.4 Å². The topological polar surface area (TPSA) is 124 Å². The van der Waals surface area contributed by atoms with Crippen LogP contribution in [-0.2, 0) is 14.3 Å². The van der Waals surface area contributed by atoms with Crippen LogP contribution in [0.3, 0.4) is 0 Å². The van der Waals surface area contributed by atoms with Crippen LogP contribution in [0.15, 0.2) is 0 Å². The maximum Gasteiger partial charge on any atom is 0.303 e. The molecule has 0 heterocycles. The fourth-order valence-electron chi connectivity index (χ4n) is 0.900. The van der Waals surface area contributed by atoms with E-state index in [-0.39, 0.29) is 6.29 Å². The quantitative estimate of drug-likeness (QED) is 0.282. The van der Waals surface area contributed by atoms with Crippen molar-refractivity contribution < 1.29 is 34.8 Å². The number of aliphatic hydroxyl groups is 4. The number of hydrogen-bond acceptors (Lipinski definition) is 7. The lowest BCUT2D eigenvalue weighted by Gasteiger charge is -2.24.